The molecule has 0 aliphatic carbocycles. The number of carbonyl (C=O) groups excluding carboxylic acids is 1. The van der Waals surface area contributed by atoms with Crippen LogP contribution < -0.4 is 0 Å². The maximum Gasteiger partial charge on any atom is 0.341 e. The molecule has 0 atom stereocenters. The van der Waals surface area contributed by atoms with Crippen LogP contribution in [0.5, 0.6) is 0 Å². The van der Waals surface area contributed by atoms with E-state index in [1.165, 1.54) is 20.5 Å². The standard InChI is InChI=1S/C21H20O3/c1-23-16-20(21(22)24-2)19-15-9-8-14-18(19)13-7-6-12-17-10-4-3-5-11-17/h3-16H,1-2H3/b12-6+,13-7+,20-16+. The third kappa shape index (κ3) is 4.71. The summed E-state index contributed by atoms with van der Waals surface area (Å²) in [6, 6.07) is 17.7. The van der Waals surface area contributed by atoms with E-state index < -0.39 is 5.97 Å². The van der Waals surface area contributed by atoms with Gasteiger partial charge in [0.25, 0.3) is 0 Å². The molecule has 0 heterocycles. The molecule has 0 aliphatic rings. The molecule has 0 aromatic heterocycles. The summed E-state index contributed by atoms with van der Waals surface area (Å²) < 4.78 is 9.85. The van der Waals surface area contributed by atoms with Crippen molar-refractivity contribution >= 4 is 23.7 Å². The molecule has 24 heavy (non-hydrogen) atoms. The van der Waals surface area contributed by atoms with E-state index in [1.807, 2.05) is 78.9 Å². The normalized spacial score (nSPS) is 11.8. The first-order valence-corrected chi connectivity index (χ1v) is 7.56. The van der Waals surface area contributed by atoms with Crippen molar-refractivity contribution in [1.29, 1.82) is 0 Å². The lowest BCUT2D eigenvalue weighted by Gasteiger charge is -2.08. The molecule has 2 rings (SSSR count). The first kappa shape index (κ1) is 17.3. The summed E-state index contributed by atoms with van der Waals surface area (Å²) in [5.41, 5.74) is 3.18. The van der Waals surface area contributed by atoms with Gasteiger partial charge in [0.15, 0.2) is 0 Å². The molecular formula is C21H20O3. The second-order valence-electron chi connectivity index (χ2n) is 4.97. The number of carbonyl (C=O) groups is 1. The molecule has 0 N–H and O–H groups in total. The first-order valence-electron chi connectivity index (χ1n) is 7.56. The highest BCUT2D eigenvalue weighted by atomic mass is 16.5. The highest BCUT2D eigenvalue weighted by Crippen LogP contribution is 2.22. The van der Waals surface area contributed by atoms with E-state index in [-0.39, 0.29) is 0 Å². The van der Waals surface area contributed by atoms with Gasteiger partial charge in [0.2, 0.25) is 0 Å². The maximum absolute atomic E-state index is 12.0. The number of allylic oxidation sites excluding steroid dienone is 2. The molecule has 0 amide bonds. The van der Waals surface area contributed by atoms with Crippen molar-refractivity contribution < 1.29 is 14.3 Å². The van der Waals surface area contributed by atoms with Crippen molar-refractivity contribution in [3.8, 4) is 0 Å². The van der Waals surface area contributed by atoms with Gasteiger partial charge in [-0.15, -0.1) is 0 Å². The lowest BCUT2D eigenvalue weighted by Crippen LogP contribution is -2.05. The monoisotopic (exact) mass is 320 g/mol. The quantitative estimate of drug-likeness (QED) is 0.338. The van der Waals surface area contributed by atoms with E-state index >= 15 is 0 Å². The molecule has 122 valence electrons. The number of methoxy groups -OCH3 is 2. The summed E-state index contributed by atoms with van der Waals surface area (Å²) in [5.74, 6) is -0.433. The highest BCUT2D eigenvalue weighted by molar-refractivity contribution is 6.17. The molecular weight excluding hydrogens is 300 g/mol. The zero-order valence-electron chi connectivity index (χ0n) is 13.8. The number of benzene rings is 2. The number of esters is 1. The zero-order chi connectivity index (χ0) is 17.2. The van der Waals surface area contributed by atoms with Gasteiger partial charge in [0, 0.05) is 0 Å². The topological polar surface area (TPSA) is 35.5 Å². The molecule has 2 aromatic rings. The van der Waals surface area contributed by atoms with Crippen molar-refractivity contribution in [2.45, 2.75) is 0 Å². The minimum Gasteiger partial charge on any atom is -0.503 e. The van der Waals surface area contributed by atoms with Crippen LogP contribution in [0, 0.1) is 0 Å². The van der Waals surface area contributed by atoms with E-state index in [2.05, 4.69) is 0 Å². The van der Waals surface area contributed by atoms with E-state index in [4.69, 9.17) is 9.47 Å². The van der Waals surface area contributed by atoms with Crippen LogP contribution in [0.25, 0.3) is 17.7 Å². The van der Waals surface area contributed by atoms with Crippen LogP contribution in [0.3, 0.4) is 0 Å². The fraction of sp³-hybridized carbons (Fsp3) is 0.0952. The van der Waals surface area contributed by atoms with Crippen LogP contribution in [-0.4, -0.2) is 20.2 Å². The molecule has 3 nitrogen and oxygen atoms in total. The minimum atomic E-state index is -0.433. The molecule has 0 aliphatic heterocycles. The molecule has 0 spiro atoms. The highest BCUT2D eigenvalue weighted by Gasteiger charge is 2.15. The van der Waals surface area contributed by atoms with Gasteiger partial charge < -0.3 is 9.47 Å². The van der Waals surface area contributed by atoms with Crippen molar-refractivity contribution in [2.24, 2.45) is 0 Å². The van der Waals surface area contributed by atoms with Crippen LogP contribution >= 0.6 is 0 Å². The van der Waals surface area contributed by atoms with Crippen LogP contribution in [0.2, 0.25) is 0 Å². The molecule has 0 fully saturated rings. The van der Waals surface area contributed by atoms with Crippen LogP contribution in [0.4, 0.5) is 0 Å². The fourth-order valence-corrected chi connectivity index (χ4v) is 2.23. The Labute approximate surface area is 142 Å². The van der Waals surface area contributed by atoms with Crippen LogP contribution in [0.1, 0.15) is 16.7 Å². The first-order chi connectivity index (χ1) is 11.8. The maximum atomic E-state index is 12.0. The van der Waals surface area contributed by atoms with Gasteiger partial charge in [-0.1, -0.05) is 78.9 Å². The summed E-state index contributed by atoms with van der Waals surface area (Å²) in [4.78, 5) is 12.0. The molecule has 0 saturated heterocycles. The molecule has 0 bridgehead atoms. The van der Waals surface area contributed by atoms with E-state index in [1.54, 1.807) is 0 Å². The van der Waals surface area contributed by atoms with E-state index in [0.29, 0.717) is 5.57 Å². The minimum absolute atomic E-state index is 0.382. The molecule has 0 saturated carbocycles. The fourth-order valence-electron chi connectivity index (χ4n) is 2.23. The zero-order valence-corrected chi connectivity index (χ0v) is 13.8. The Morgan fingerprint density at radius 3 is 2.25 bits per heavy atom. The van der Waals surface area contributed by atoms with Crippen LogP contribution in [-0.2, 0) is 14.3 Å². The third-order valence-corrected chi connectivity index (χ3v) is 3.37. The summed E-state index contributed by atoms with van der Waals surface area (Å²) in [6.45, 7) is 0. The van der Waals surface area contributed by atoms with Gasteiger partial charge in [-0.25, -0.2) is 4.79 Å². The third-order valence-electron chi connectivity index (χ3n) is 3.37. The second kappa shape index (κ2) is 9.16. The van der Waals surface area contributed by atoms with Crippen molar-refractivity contribution in [3.63, 3.8) is 0 Å². The summed E-state index contributed by atoms with van der Waals surface area (Å²) in [7, 11) is 2.86. The molecule has 3 heteroatoms. The Bertz CT molecular complexity index is 756. The second-order valence-corrected chi connectivity index (χ2v) is 4.97. The lowest BCUT2D eigenvalue weighted by atomic mass is 10.00. The smallest absolute Gasteiger partial charge is 0.341 e. The Kier molecular flexibility index (Phi) is 6.59. The van der Waals surface area contributed by atoms with E-state index in [9.17, 15) is 4.79 Å². The Morgan fingerprint density at radius 2 is 1.54 bits per heavy atom. The molecule has 2 aromatic carbocycles. The SMILES string of the molecule is CO/C=C(/C(=O)OC)c1ccccc1/C=C/C=C/c1ccccc1. The summed E-state index contributed by atoms with van der Waals surface area (Å²) in [5, 5.41) is 0. The van der Waals surface area contributed by atoms with Gasteiger partial charge in [0.05, 0.1) is 20.5 Å². The largest absolute Gasteiger partial charge is 0.503 e. The van der Waals surface area contributed by atoms with Gasteiger partial charge >= 0.3 is 5.97 Å². The van der Waals surface area contributed by atoms with Crippen molar-refractivity contribution in [1.82, 2.24) is 0 Å². The van der Waals surface area contributed by atoms with Gasteiger partial charge in [0.1, 0.15) is 5.57 Å². The van der Waals surface area contributed by atoms with Crippen molar-refractivity contribution in [3.05, 3.63) is 89.7 Å². The Hall–Kier alpha value is -3.07. The van der Waals surface area contributed by atoms with Gasteiger partial charge in [-0.05, 0) is 16.7 Å². The Morgan fingerprint density at radius 1 is 0.875 bits per heavy atom. The summed E-state index contributed by atoms with van der Waals surface area (Å²) in [6.07, 6.45) is 9.27. The van der Waals surface area contributed by atoms with Crippen LogP contribution in [0.15, 0.2) is 73.0 Å². The number of rotatable bonds is 6. The predicted molar refractivity (Wildman–Crippen MR) is 98.0 cm³/mol. The van der Waals surface area contributed by atoms with Gasteiger partial charge in [-0.2, -0.15) is 0 Å². The average Bonchev–Trinajstić information content (AvgIpc) is 2.64. The lowest BCUT2D eigenvalue weighted by molar-refractivity contribution is -0.133. The number of hydrogen-bond acceptors (Lipinski definition) is 3. The van der Waals surface area contributed by atoms with Gasteiger partial charge in [-0.3, -0.25) is 0 Å². The summed E-state index contributed by atoms with van der Waals surface area (Å²) >= 11 is 0. The van der Waals surface area contributed by atoms with E-state index in [0.717, 1.165) is 16.7 Å². The average molecular weight is 320 g/mol. The number of ether oxygens (including phenoxy) is 2. The number of hydrogen-bond donors (Lipinski definition) is 0. The molecule has 0 radical (unpaired) electrons. The van der Waals surface area contributed by atoms with Crippen molar-refractivity contribution in [2.75, 3.05) is 14.2 Å². The predicted octanol–water partition coefficient (Wildman–Crippen LogP) is 4.57. The molecule has 0 unspecified atom stereocenters. The Balaban J connectivity index is 2.25.